The van der Waals surface area contributed by atoms with Crippen LogP contribution in [0.5, 0.6) is 11.5 Å². The van der Waals surface area contributed by atoms with Crippen molar-refractivity contribution in [3.63, 3.8) is 0 Å². The van der Waals surface area contributed by atoms with E-state index in [0.717, 1.165) is 5.56 Å². The fraction of sp³-hybridized carbons (Fsp3) is 0.250. The molecule has 2 aromatic rings. The number of esters is 1. The van der Waals surface area contributed by atoms with E-state index in [0.29, 0.717) is 17.1 Å². The molecule has 1 N–H and O–H groups in total. The molecule has 0 aliphatic rings. The zero-order valence-corrected chi connectivity index (χ0v) is 15.1. The quantitative estimate of drug-likeness (QED) is 0.718. The van der Waals surface area contributed by atoms with Crippen LogP contribution in [0.2, 0.25) is 0 Å². The van der Waals surface area contributed by atoms with Gasteiger partial charge in [-0.1, -0.05) is 18.2 Å². The van der Waals surface area contributed by atoms with E-state index in [-0.39, 0.29) is 6.54 Å². The molecule has 0 radical (unpaired) electrons. The molecule has 2 aromatic carbocycles. The highest BCUT2D eigenvalue weighted by atomic mass is 16.6. The molecule has 0 aromatic heterocycles. The first kappa shape index (κ1) is 19.8. The minimum absolute atomic E-state index is 0.262. The Balaban J connectivity index is 1.76. The molecular weight excluding hydrogens is 348 g/mol. The van der Waals surface area contributed by atoms with Gasteiger partial charge in [0.15, 0.2) is 12.7 Å². The Labute approximate surface area is 157 Å². The summed E-state index contributed by atoms with van der Waals surface area (Å²) in [6, 6.07) is 15.6. The molecule has 27 heavy (non-hydrogen) atoms. The second-order valence-electron chi connectivity index (χ2n) is 5.59. The molecule has 0 unspecified atom stereocenters. The van der Waals surface area contributed by atoms with E-state index >= 15 is 0 Å². The van der Waals surface area contributed by atoms with Crippen molar-refractivity contribution in [2.24, 2.45) is 0 Å². The molecule has 0 aliphatic carbocycles. The number of nitriles is 1. The van der Waals surface area contributed by atoms with E-state index in [4.69, 9.17) is 19.5 Å². The van der Waals surface area contributed by atoms with Crippen molar-refractivity contribution in [2.45, 2.75) is 19.6 Å². The first-order chi connectivity index (χ1) is 13.0. The molecule has 0 spiro atoms. The van der Waals surface area contributed by atoms with Crippen LogP contribution in [0.15, 0.2) is 48.5 Å². The normalized spacial score (nSPS) is 11.0. The average molecular weight is 368 g/mol. The fourth-order valence-electron chi connectivity index (χ4n) is 2.21. The molecule has 1 atom stereocenters. The average Bonchev–Trinajstić information content (AvgIpc) is 2.71. The van der Waals surface area contributed by atoms with Crippen LogP contribution in [0.3, 0.4) is 0 Å². The van der Waals surface area contributed by atoms with Gasteiger partial charge >= 0.3 is 5.97 Å². The second kappa shape index (κ2) is 9.82. The maximum Gasteiger partial charge on any atom is 0.347 e. The Bertz CT molecular complexity index is 827. The minimum atomic E-state index is -0.889. The van der Waals surface area contributed by atoms with Gasteiger partial charge in [-0.05, 0) is 37.3 Å². The lowest BCUT2D eigenvalue weighted by Crippen LogP contribution is -2.32. The molecule has 7 nitrogen and oxygen atoms in total. The number of ether oxygens (including phenoxy) is 3. The SMILES string of the molecule is COc1ccccc1CNC(=O)COC(=O)[C@@H](C)Oc1ccc(C#N)cc1. The summed E-state index contributed by atoms with van der Waals surface area (Å²) in [5.41, 5.74) is 1.31. The summed E-state index contributed by atoms with van der Waals surface area (Å²) < 4.78 is 15.6. The van der Waals surface area contributed by atoms with Crippen LogP contribution in [-0.2, 0) is 20.9 Å². The predicted octanol–water partition coefficient (Wildman–Crippen LogP) is 2.19. The molecule has 1 amide bonds. The van der Waals surface area contributed by atoms with Gasteiger partial charge in [-0.3, -0.25) is 4.79 Å². The number of nitrogens with zero attached hydrogens (tertiary/aromatic N) is 1. The molecule has 0 heterocycles. The Kier molecular flexibility index (Phi) is 7.20. The van der Waals surface area contributed by atoms with Crippen molar-refractivity contribution in [2.75, 3.05) is 13.7 Å². The lowest BCUT2D eigenvalue weighted by Gasteiger charge is -2.14. The number of hydrogen-bond donors (Lipinski definition) is 1. The fourth-order valence-corrected chi connectivity index (χ4v) is 2.21. The zero-order valence-electron chi connectivity index (χ0n) is 15.1. The number of hydrogen-bond acceptors (Lipinski definition) is 6. The summed E-state index contributed by atoms with van der Waals surface area (Å²) in [5.74, 6) is 0.00457. The highest BCUT2D eigenvalue weighted by Gasteiger charge is 2.18. The van der Waals surface area contributed by atoms with Gasteiger partial charge in [-0.25, -0.2) is 4.79 Å². The highest BCUT2D eigenvalue weighted by Crippen LogP contribution is 2.16. The van der Waals surface area contributed by atoms with E-state index in [1.807, 2.05) is 24.3 Å². The summed E-state index contributed by atoms with van der Waals surface area (Å²) in [4.78, 5) is 23.8. The second-order valence-corrected chi connectivity index (χ2v) is 5.59. The Morgan fingerprint density at radius 3 is 2.52 bits per heavy atom. The summed E-state index contributed by atoms with van der Waals surface area (Å²) in [7, 11) is 1.55. The van der Waals surface area contributed by atoms with Gasteiger partial charge in [-0.15, -0.1) is 0 Å². The van der Waals surface area contributed by atoms with Crippen molar-refractivity contribution >= 4 is 11.9 Å². The number of nitrogens with one attached hydrogen (secondary N) is 1. The molecule has 7 heteroatoms. The van der Waals surface area contributed by atoms with Crippen LogP contribution >= 0.6 is 0 Å². The van der Waals surface area contributed by atoms with Gasteiger partial charge in [0.1, 0.15) is 11.5 Å². The monoisotopic (exact) mass is 368 g/mol. The third-order valence-corrected chi connectivity index (χ3v) is 3.64. The Morgan fingerprint density at radius 2 is 1.85 bits per heavy atom. The zero-order chi connectivity index (χ0) is 19.6. The Morgan fingerprint density at radius 1 is 1.15 bits per heavy atom. The number of carbonyl (C=O) groups excluding carboxylic acids is 2. The number of para-hydroxylation sites is 1. The number of benzene rings is 2. The highest BCUT2D eigenvalue weighted by molar-refractivity contribution is 5.82. The van der Waals surface area contributed by atoms with Crippen molar-refractivity contribution in [1.82, 2.24) is 5.32 Å². The molecular formula is C20H20N2O5. The third-order valence-electron chi connectivity index (χ3n) is 3.64. The predicted molar refractivity (Wildman–Crippen MR) is 97.0 cm³/mol. The largest absolute Gasteiger partial charge is 0.496 e. The molecule has 2 rings (SSSR count). The van der Waals surface area contributed by atoms with Gasteiger partial charge in [0.2, 0.25) is 0 Å². The smallest absolute Gasteiger partial charge is 0.347 e. The van der Waals surface area contributed by atoms with Crippen LogP contribution in [0.1, 0.15) is 18.1 Å². The van der Waals surface area contributed by atoms with Gasteiger partial charge < -0.3 is 19.5 Å². The number of methoxy groups -OCH3 is 1. The van der Waals surface area contributed by atoms with Crippen molar-refractivity contribution in [3.8, 4) is 17.6 Å². The Hall–Kier alpha value is -3.53. The van der Waals surface area contributed by atoms with E-state index in [2.05, 4.69) is 5.32 Å². The van der Waals surface area contributed by atoms with Gasteiger partial charge in [0.25, 0.3) is 5.91 Å². The van der Waals surface area contributed by atoms with E-state index < -0.39 is 24.6 Å². The number of carbonyl (C=O) groups is 2. The third kappa shape index (κ3) is 6.04. The van der Waals surface area contributed by atoms with Crippen molar-refractivity contribution < 1.29 is 23.8 Å². The lowest BCUT2D eigenvalue weighted by atomic mass is 10.2. The molecule has 0 aliphatic heterocycles. The summed E-state index contributed by atoms with van der Waals surface area (Å²) in [6.45, 7) is 1.38. The standard InChI is InChI=1S/C20H20N2O5/c1-14(27-17-9-7-15(11-21)8-10-17)20(24)26-13-19(23)22-12-16-5-3-4-6-18(16)25-2/h3-10,14H,12-13H2,1-2H3,(H,22,23)/t14-/m1/s1. The van der Waals surface area contributed by atoms with Crippen molar-refractivity contribution in [1.29, 1.82) is 5.26 Å². The topological polar surface area (TPSA) is 97.7 Å². The molecule has 0 saturated carbocycles. The van der Waals surface area contributed by atoms with Crippen LogP contribution in [0.4, 0.5) is 0 Å². The molecule has 0 fully saturated rings. The summed E-state index contributed by atoms with van der Waals surface area (Å²) in [6.07, 6.45) is -0.889. The summed E-state index contributed by atoms with van der Waals surface area (Å²) >= 11 is 0. The van der Waals surface area contributed by atoms with Crippen LogP contribution in [0.25, 0.3) is 0 Å². The first-order valence-electron chi connectivity index (χ1n) is 8.25. The maximum absolute atomic E-state index is 12.0. The van der Waals surface area contributed by atoms with Gasteiger partial charge in [-0.2, -0.15) is 5.26 Å². The van der Waals surface area contributed by atoms with Crippen LogP contribution < -0.4 is 14.8 Å². The van der Waals surface area contributed by atoms with Crippen molar-refractivity contribution in [3.05, 3.63) is 59.7 Å². The first-order valence-corrected chi connectivity index (χ1v) is 8.25. The minimum Gasteiger partial charge on any atom is -0.496 e. The summed E-state index contributed by atoms with van der Waals surface area (Å²) in [5, 5.41) is 11.4. The van der Waals surface area contributed by atoms with Crippen LogP contribution in [0, 0.1) is 11.3 Å². The lowest BCUT2D eigenvalue weighted by molar-refractivity contribution is -0.154. The van der Waals surface area contributed by atoms with Gasteiger partial charge in [0.05, 0.1) is 18.7 Å². The molecule has 0 saturated heterocycles. The van der Waals surface area contributed by atoms with E-state index in [9.17, 15) is 9.59 Å². The maximum atomic E-state index is 12.0. The number of rotatable bonds is 8. The molecule has 140 valence electrons. The van der Waals surface area contributed by atoms with E-state index in [1.54, 1.807) is 37.4 Å². The number of amides is 1. The van der Waals surface area contributed by atoms with Gasteiger partial charge in [0, 0.05) is 12.1 Å². The van der Waals surface area contributed by atoms with E-state index in [1.165, 1.54) is 6.92 Å². The molecule has 0 bridgehead atoms. The van der Waals surface area contributed by atoms with Crippen LogP contribution in [-0.4, -0.2) is 31.7 Å².